The molecule has 1 heterocycles. The third-order valence-corrected chi connectivity index (χ3v) is 3.34. The molecule has 0 unspecified atom stereocenters. The molecule has 3 aromatic rings. The molecule has 0 aliphatic carbocycles. The summed E-state index contributed by atoms with van der Waals surface area (Å²) in [6.45, 7) is 2.56. The molecule has 0 radical (unpaired) electrons. The first kappa shape index (κ1) is 15.5. The van der Waals surface area contributed by atoms with E-state index in [0.717, 1.165) is 22.7 Å². The largest absolute Gasteiger partial charge is 0.494 e. The zero-order valence-electron chi connectivity index (χ0n) is 13.2. The van der Waals surface area contributed by atoms with Gasteiger partial charge in [0.25, 0.3) is 0 Å². The molecule has 1 aromatic heterocycles. The Hall–Kier alpha value is -3.39. The molecule has 0 amide bonds. The van der Waals surface area contributed by atoms with Gasteiger partial charge in [-0.05, 0) is 37.3 Å². The predicted molar refractivity (Wildman–Crippen MR) is 93.1 cm³/mol. The molecule has 118 valence electrons. The van der Waals surface area contributed by atoms with E-state index in [2.05, 4.69) is 21.4 Å². The van der Waals surface area contributed by atoms with Crippen LogP contribution in [0.15, 0.2) is 60.8 Å². The van der Waals surface area contributed by atoms with Crippen molar-refractivity contribution in [2.75, 3.05) is 11.9 Å². The van der Waals surface area contributed by atoms with Crippen LogP contribution in [-0.4, -0.2) is 16.6 Å². The van der Waals surface area contributed by atoms with Crippen LogP contribution in [0.4, 0.5) is 11.6 Å². The van der Waals surface area contributed by atoms with Gasteiger partial charge in [-0.3, -0.25) is 0 Å². The molecule has 0 fully saturated rings. The van der Waals surface area contributed by atoms with Gasteiger partial charge in [-0.15, -0.1) is 0 Å². The summed E-state index contributed by atoms with van der Waals surface area (Å²) in [6, 6.07) is 18.9. The fourth-order valence-corrected chi connectivity index (χ4v) is 2.29. The highest BCUT2D eigenvalue weighted by Gasteiger charge is 2.04. The minimum absolute atomic E-state index is 0.489. The van der Waals surface area contributed by atoms with Crippen LogP contribution in [0, 0.1) is 11.3 Å². The summed E-state index contributed by atoms with van der Waals surface area (Å²) in [5, 5.41) is 12.2. The van der Waals surface area contributed by atoms with Gasteiger partial charge in [0.15, 0.2) is 0 Å². The molecule has 0 bridgehead atoms. The van der Waals surface area contributed by atoms with Gasteiger partial charge < -0.3 is 10.1 Å². The van der Waals surface area contributed by atoms with E-state index in [0.29, 0.717) is 18.1 Å². The second-order valence-corrected chi connectivity index (χ2v) is 5.04. The molecule has 5 heteroatoms. The maximum Gasteiger partial charge on any atom is 0.227 e. The van der Waals surface area contributed by atoms with Crippen molar-refractivity contribution in [3.63, 3.8) is 0 Å². The van der Waals surface area contributed by atoms with E-state index in [-0.39, 0.29) is 0 Å². The summed E-state index contributed by atoms with van der Waals surface area (Å²) in [7, 11) is 0. The SMILES string of the molecule is CCOc1cccc(Nc2nccc(-c3cccc(C#N)c3)n2)c1. The van der Waals surface area contributed by atoms with Crippen molar-refractivity contribution < 1.29 is 4.74 Å². The maximum absolute atomic E-state index is 9.02. The lowest BCUT2D eigenvalue weighted by molar-refractivity contribution is 0.340. The Kier molecular flexibility index (Phi) is 4.68. The van der Waals surface area contributed by atoms with Crippen LogP contribution in [0.5, 0.6) is 5.75 Å². The standard InChI is InChI=1S/C19H16N4O/c1-2-24-17-8-4-7-16(12-17)22-19-21-10-9-18(23-19)15-6-3-5-14(11-15)13-20/h3-12H,2H2,1H3,(H,21,22,23). The first-order valence-corrected chi connectivity index (χ1v) is 7.62. The van der Waals surface area contributed by atoms with E-state index < -0.39 is 0 Å². The summed E-state index contributed by atoms with van der Waals surface area (Å²) < 4.78 is 5.49. The molecule has 0 atom stereocenters. The van der Waals surface area contributed by atoms with Gasteiger partial charge in [-0.25, -0.2) is 9.97 Å². The van der Waals surface area contributed by atoms with Crippen LogP contribution in [0.1, 0.15) is 12.5 Å². The monoisotopic (exact) mass is 316 g/mol. The van der Waals surface area contributed by atoms with E-state index >= 15 is 0 Å². The average molecular weight is 316 g/mol. The second kappa shape index (κ2) is 7.25. The van der Waals surface area contributed by atoms with Crippen molar-refractivity contribution >= 4 is 11.6 Å². The molecule has 24 heavy (non-hydrogen) atoms. The average Bonchev–Trinajstić information content (AvgIpc) is 2.63. The van der Waals surface area contributed by atoms with Crippen molar-refractivity contribution in [1.29, 1.82) is 5.26 Å². The summed E-state index contributed by atoms with van der Waals surface area (Å²) in [5.41, 5.74) is 3.09. The molecule has 1 N–H and O–H groups in total. The van der Waals surface area contributed by atoms with Gasteiger partial charge in [-0.2, -0.15) is 5.26 Å². The second-order valence-electron chi connectivity index (χ2n) is 5.04. The lowest BCUT2D eigenvalue weighted by Gasteiger charge is -2.09. The van der Waals surface area contributed by atoms with E-state index in [1.807, 2.05) is 55.5 Å². The lowest BCUT2D eigenvalue weighted by atomic mass is 10.1. The molecule has 0 saturated heterocycles. The highest BCUT2D eigenvalue weighted by molar-refractivity contribution is 5.64. The zero-order valence-corrected chi connectivity index (χ0v) is 13.2. The first-order valence-electron chi connectivity index (χ1n) is 7.62. The fourth-order valence-electron chi connectivity index (χ4n) is 2.29. The summed E-state index contributed by atoms with van der Waals surface area (Å²) in [6.07, 6.45) is 1.69. The minimum atomic E-state index is 0.489. The molecule has 0 aliphatic rings. The number of nitriles is 1. The van der Waals surface area contributed by atoms with Gasteiger partial charge in [0.05, 0.1) is 23.9 Å². The van der Waals surface area contributed by atoms with Crippen molar-refractivity contribution in [2.45, 2.75) is 6.92 Å². The Morgan fingerprint density at radius 2 is 2.00 bits per heavy atom. The van der Waals surface area contributed by atoms with Gasteiger partial charge in [0.1, 0.15) is 5.75 Å². The molecule has 0 aliphatic heterocycles. The summed E-state index contributed by atoms with van der Waals surface area (Å²) >= 11 is 0. The molecular formula is C19H16N4O. The predicted octanol–water partition coefficient (Wildman–Crippen LogP) is 4.16. The number of hydrogen-bond acceptors (Lipinski definition) is 5. The highest BCUT2D eigenvalue weighted by atomic mass is 16.5. The molecule has 0 spiro atoms. The number of rotatable bonds is 5. The Morgan fingerprint density at radius 1 is 1.12 bits per heavy atom. The van der Waals surface area contributed by atoms with Crippen LogP contribution >= 0.6 is 0 Å². The summed E-state index contributed by atoms with van der Waals surface area (Å²) in [4.78, 5) is 8.77. The number of anilines is 2. The molecular weight excluding hydrogens is 300 g/mol. The lowest BCUT2D eigenvalue weighted by Crippen LogP contribution is -1.99. The summed E-state index contributed by atoms with van der Waals surface area (Å²) in [5.74, 6) is 1.28. The van der Waals surface area contributed by atoms with Crippen LogP contribution < -0.4 is 10.1 Å². The van der Waals surface area contributed by atoms with Gasteiger partial charge >= 0.3 is 0 Å². The van der Waals surface area contributed by atoms with Gasteiger partial charge in [0.2, 0.25) is 5.95 Å². The number of aromatic nitrogens is 2. The van der Waals surface area contributed by atoms with E-state index in [1.54, 1.807) is 12.3 Å². The van der Waals surface area contributed by atoms with Crippen molar-refractivity contribution in [3.05, 3.63) is 66.4 Å². The van der Waals surface area contributed by atoms with Gasteiger partial charge in [0, 0.05) is 23.5 Å². The van der Waals surface area contributed by atoms with Crippen molar-refractivity contribution in [3.8, 4) is 23.1 Å². The van der Waals surface area contributed by atoms with Gasteiger partial charge in [-0.1, -0.05) is 18.2 Å². The first-order chi connectivity index (χ1) is 11.8. The van der Waals surface area contributed by atoms with E-state index in [1.165, 1.54) is 0 Å². The molecule has 3 rings (SSSR count). The third kappa shape index (κ3) is 3.68. The number of benzene rings is 2. The maximum atomic E-state index is 9.02. The van der Waals surface area contributed by atoms with Crippen molar-refractivity contribution in [2.24, 2.45) is 0 Å². The molecule has 0 saturated carbocycles. The van der Waals surface area contributed by atoms with Crippen LogP contribution in [-0.2, 0) is 0 Å². The minimum Gasteiger partial charge on any atom is -0.494 e. The molecule has 2 aromatic carbocycles. The number of nitrogens with zero attached hydrogens (tertiary/aromatic N) is 3. The number of ether oxygens (including phenoxy) is 1. The highest BCUT2D eigenvalue weighted by Crippen LogP contribution is 2.22. The Morgan fingerprint density at radius 3 is 2.83 bits per heavy atom. The van der Waals surface area contributed by atoms with Crippen LogP contribution in [0.3, 0.4) is 0 Å². The number of nitrogens with one attached hydrogen (secondary N) is 1. The molecule has 5 nitrogen and oxygen atoms in total. The van der Waals surface area contributed by atoms with Crippen LogP contribution in [0.2, 0.25) is 0 Å². The fraction of sp³-hybridized carbons (Fsp3) is 0.105. The van der Waals surface area contributed by atoms with Crippen LogP contribution in [0.25, 0.3) is 11.3 Å². The Balaban J connectivity index is 1.85. The quantitative estimate of drug-likeness (QED) is 0.765. The number of hydrogen-bond donors (Lipinski definition) is 1. The third-order valence-electron chi connectivity index (χ3n) is 3.34. The van der Waals surface area contributed by atoms with E-state index in [4.69, 9.17) is 10.00 Å². The van der Waals surface area contributed by atoms with E-state index in [9.17, 15) is 0 Å². The normalized spacial score (nSPS) is 10.0. The Bertz CT molecular complexity index is 886. The smallest absolute Gasteiger partial charge is 0.227 e. The zero-order chi connectivity index (χ0) is 16.8. The topological polar surface area (TPSA) is 70.8 Å². The Labute approximate surface area is 140 Å². The van der Waals surface area contributed by atoms with Crippen molar-refractivity contribution in [1.82, 2.24) is 9.97 Å².